The van der Waals surface area contributed by atoms with Crippen molar-refractivity contribution in [2.24, 2.45) is 5.92 Å². The predicted molar refractivity (Wildman–Crippen MR) is 79.3 cm³/mol. The SMILES string of the molecule is CCN(Cc1cc(/C=C/C(=O)O)cs1)CC1CCC1. The van der Waals surface area contributed by atoms with E-state index in [4.69, 9.17) is 5.11 Å². The number of carboxylic acids is 1. The summed E-state index contributed by atoms with van der Waals surface area (Å²) in [5.41, 5.74) is 0.988. The highest BCUT2D eigenvalue weighted by atomic mass is 32.1. The maximum atomic E-state index is 10.5. The maximum Gasteiger partial charge on any atom is 0.328 e. The van der Waals surface area contributed by atoms with Crippen LogP contribution in [0.5, 0.6) is 0 Å². The molecule has 0 radical (unpaired) electrons. The molecule has 2 rings (SSSR count). The van der Waals surface area contributed by atoms with Crippen molar-refractivity contribution in [3.63, 3.8) is 0 Å². The van der Waals surface area contributed by atoms with Crippen molar-refractivity contribution < 1.29 is 9.90 Å². The van der Waals surface area contributed by atoms with Gasteiger partial charge in [0.15, 0.2) is 0 Å². The van der Waals surface area contributed by atoms with Crippen LogP contribution in [-0.2, 0) is 11.3 Å². The molecular formula is C15H21NO2S. The van der Waals surface area contributed by atoms with E-state index in [2.05, 4.69) is 17.9 Å². The lowest BCUT2D eigenvalue weighted by Crippen LogP contribution is -2.31. The Kier molecular flexibility index (Phi) is 5.16. The largest absolute Gasteiger partial charge is 0.478 e. The molecule has 0 bridgehead atoms. The molecule has 1 aliphatic carbocycles. The lowest BCUT2D eigenvalue weighted by atomic mass is 9.85. The first-order valence-electron chi connectivity index (χ1n) is 6.88. The van der Waals surface area contributed by atoms with Crippen molar-refractivity contribution in [3.8, 4) is 0 Å². The zero-order valence-electron chi connectivity index (χ0n) is 11.3. The second-order valence-corrected chi connectivity index (χ2v) is 6.14. The average molecular weight is 279 g/mol. The van der Waals surface area contributed by atoms with Gasteiger partial charge < -0.3 is 5.11 Å². The van der Waals surface area contributed by atoms with Crippen LogP contribution in [0.4, 0.5) is 0 Å². The van der Waals surface area contributed by atoms with Crippen LogP contribution in [0, 0.1) is 5.92 Å². The van der Waals surface area contributed by atoms with Crippen molar-refractivity contribution in [3.05, 3.63) is 28.0 Å². The van der Waals surface area contributed by atoms with E-state index in [9.17, 15) is 4.79 Å². The van der Waals surface area contributed by atoms with E-state index in [1.54, 1.807) is 17.4 Å². The standard InChI is InChI=1S/C15H21NO2S/c1-2-16(9-12-4-3-5-12)10-14-8-13(11-19-14)6-7-15(17)18/h6-8,11-12H,2-5,9-10H2,1H3,(H,17,18)/b7-6+. The molecule has 0 amide bonds. The van der Waals surface area contributed by atoms with E-state index in [1.165, 1.54) is 36.8 Å². The minimum absolute atomic E-state index is 0.895. The molecule has 104 valence electrons. The van der Waals surface area contributed by atoms with Gasteiger partial charge in [0.05, 0.1) is 0 Å². The molecule has 0 saturated heterocycles. The molecule has 0 spiro atoms. The smallest absolute Gasteiger partial charge is 0.328 e. The van der Waals surface area contributed by atoms with E-state index >= 15 is 0 Å². The molecule has 19 heavy (non-hydrogen) atoms. The Hall–Kier alpha value is -1.13. The molecule has 1 heterocycles. The Morgan fingerprint density at radius 3 is 2.95 bits per heavy atom. The first-order chi connectivity index (χ1) is 9.17. The molecule has 4 heteroatoms. The summed E-state index contributed by atoms with van der Waals surface area (Å²) >= 11 is 1.71. The normalized spacial score (nSPS) is 16.1. The van der Waals surface area contributed by atoms with Crippen LogP contribution in [-0.4, -0.2) is 29.1 Å². The summed E-state index contributed by atoms with van der Waals surface area (Å²) < 4.78 is 0. The Morgan fingerprint density at radius 1 is 1.58 bits per heavy atom. The number of carbonyl (C=O) groups is 1. The van der Waals surface area contributed by atoms with Crippen molar-refractivity contribution in [1.82, 2.24) is 4.90 Å². The van der Waals surface area contributed by atoms with Crippen LogP contribution in [0.2, 0.25) is 0 Å². The first-order valence-corrected chi connectivity index (χ1v) is 7.76. The lowest BCUT2D eigenvalue weighted by Gasteiger charge is -2.31. The van der Waals surface area contributed by atoms with Gasteiger partial charge in [-0.05, 0) is 48.4 Å². The van der Waals surface area contributed by atoms with Gasteiger partial charge >= 0.3 is 5.97 Å². The highest BCUT2D eigenvalue weighted by Crippen LogP contribution is 2.28. The molecule has 0 aliphatic heterocycles. The van der Waals surface area contributed by atoms with Gasteiger partial charge in [0.25, 0.3) is 0 Å². The van der Waals surface area contributed by atoms with Gasteiger partial charge in [0.1, 0.15) is 0 Å². The molecule has 0 atom stereocenters. The molecule has 1 N–H and O–H groups in total. The summed E-state index contributed by atoms with van der Waals surface area (Å²) in [6.45, 7) is 5.47. The van der Waals surface area contributed by atoms with E-state index in [1.807, 2.05) is 5.38 Å². The molecule has 1 aliphatic rings. The van der Waals surface area contributed by atoms with Crippen molar-refractivity contribution in [2.45, 2.75) is 32.7 Å². The van der Waals surface area contributed by atoms with E-state index in [-0.39, 0.29) is 0 Å². The summed E-state index contributed by atoms with van der Waals surface area (Å²) in [5, 5.41) is 10.6. The summed E-state index contributed by atoms with van der Waals surface area (Å²) in [5.74, 6) is -0.000734. The molecule has 1 fully saturated rings. The van der Waals surface area contributed by atoms with E-state index in [0.717, 1.165) is 24.6 Å². The Bertz CT molecular complexity index is 449. The van der Waals surface area contributed by atoms with Crippen LogP contribution in [0.1, 0.15) is 36.6 Å². The van der Waals surface area contributed by atoms with E-state index in [0.29, 0.717) is 0 Å². The van der Waals surface area contributed by atoms with Gasteiger partial charge in [-0.15, -0.1) is 11.3 Å². The van der Waals surface area contributed by atoms with Crippen LogP contribution < -0.4 is 0 Å². The number of thiophene rings is 1. The number of rotatable bonds is 7. The van der Waals surface area contributed by atoms with Crippen molar-refractivity contribution >= 4 is 23.4 Å². The molecule has 0 unspecified atom stereocenters. The fourth-order valence-corrected chi connectivity index (χ4v) is 3.20. The second kappa shape index (κ2) is 6.87. The number of aliphatic carboxylic acids is 1. The third-order valence-corrected chi connectivity index (χ3v) is 4.60. The molecule has 1 aromatic heterocycles. The lowest BCUT2D eigenvalue weighted by molar-refractivity contribution is -0.131. The van der Waals surface area contributed by atoms with Crippen LogP contribution in [0.3, 0.4) is 0 Å². The number of nitrogens with zero attached hydrogens (tertiary/aromatic N) is 1. The van der Waals surface area contributed by atoms with E-state index < -0.39 is 5.97 Å². The summed E-state index contributed by atoms with van der Waals surface area (Å²) in [6, 6.07) is 2.09. The van der Waals surface area contributed by atoms with Crippen LogP contribution in [0.15, 0.2) is 17.5 Å². The fraction of sp³-hybridized carbons (Fsp3) is 0.533. The second-order valence-electron chi connectivity index (χ2n) is 5.14. The zero-order valence-corrected chi connectivity index (χ0v) is 12.2. The van der Waals surface area contributed by atoms with Gasteiger partial charge in [0, 0.05) is 24.0 Å². The monoisotopic (exact) mass is 279 g/mol. The first kappa shape index (κ1) is 14.3. The van der Waals surface area contributed by atoms with Gasteiger partial charge in [0.2, 0.25) is 0 Å². The van der Waals surface area contributed by atoms with Gasteiger partial charge in [-0.1, -0.05) is 13.3 Å². The molecule has 1 saturated carbocycles. The highest BCUT2D eigenvalue weighted by Gasteiger charge is 2.20. The molecular weight excluding hydrogens is 258 g/mol. The van der Waals surface area contributed by atoms with Crippen LogP contribution >= 0.6 is 11.3 Å². The fourth-order valence-electron chi connectivity index (χ4n) is 2.30. The van der Waals surface area contributed by atoms with Crippen LogP contribution in [0.25, 0.3) is 6.08 Å². The maximum absolute atomic E-state index is 10.5. The van der Waals surface area contributed by atoms with Gasteiger partial charge in [-0.25, -0.2) is 4.79 Å². The minimum Gasteiger partial charge on any atom is -0.478 e. The summed E-state index contributed by atoms with van der Waals surface area (Å²) in [6.07, 6.45) is 7.01. The average Bonchev–Trinajstić information content (AvgIpc) is 2.77. The van der Waals surface area contributed by atoms with Crippen molar-refractivity contribution in [2.75, 3.05) is 13.1 Å². The Morgan fingerprint density at radius 2 is 2.37 bits per heavy atom. The van der Waals surface area contributed by atoms with Gasteiger partial charge in [-0.2, -0.15) is 0 Å². The van der Waals surface area contributed by atoms with Crippen molar-refractivity contribution in [1.29, 1.82) is 0 Å². The number of hydrogen-bond donors (Lipinski definition) is 1. The third-order valence-electron chi connectivity index (χ3n) is 3.66. The van der Waals surface area contributed by atoms with Gasteiger partial charge in [-0.3, -0.25) is 4.90 Å². The molecule has 0 aromatic carbocycles. The zero-order chi connectivity index (χ0) is 13.7. The Balaban J connectivity index is 1.88. The summed E-state index contributed by atoms with van der Waals surface area (Å²) in [7, 11) is 0. The topological polar surface area (TPSA) is 40.5 Å². The highest BCUT2D eigenvalue weighted by molar-refractivity contribution is 7.10. The minimum atomic E-state index is -0.895. The Labute approximate surface area is 118 Å². The summed E-state index contributed by atoms with van der Waals surface area (Å²) in [4.78, 5) is 14.3. The molecule has 3 nitrogen and oxygen atoms in total. The molecule has 1 aromatic rings. The number of hydrogen-bond acceptors (Lipinski definition) is 3. The predicted octanol–water partition coefficient (Wildman–Crippen LogP) is 3.47. The number of carboxylic acid groups (broad SMARTS) is 1. The quantitative estimate of drug-likeness (QED) is 0.777. The third kappa shape index (κ3) is 4.48.